The molecular weight excluding hydrogens is 344 g/mol. The van der Waals surface area contributed by atoms with Gasteiger partial charge >= 0.3 is 0 Å². The van der Waals surface area contributed by atoms with Gasteiger partial charge in [0.05, 0.1) is 32.2 Å². The molecule has 2 heterocycles. The van der Waals surface area contributed by atoms with E-state index in [1.807, 2.05) is 48.5 Å². The van der Waals surface area contributed by atoms with Crippen LogP contribution in [0.1, 0.15) is 6.42 Å². The third-order valence-electron chi connectivity index (χ3n) is 4.48. The van der Waals surface area contributed by atoms with Crippen LogP contribution in [-0.4, -0.2) is 36.2 Å². The smallest absolute Gasteiger partial charge is 0.272 e. The first-order valence-corrected chi connectivity index (χ1v) is 8.82. The molecule has 0 spiro atoms. The van der Waals surface area contributed by atoms with Gasteiger partial charge in [-0.3, -0.25) is 4.79 Å². The second kappa shape index (κ2) is 7.63. The normalized spacial score (nSPS) is 16.3. The second-order valence-corrected chi connectivity index (χ2v) is 6.30. The number of aromatic nitrogens is 2. The summed E-state index contributed by atoms with van der Waals surface area (Å²) in [5, 5.41) is 4.31. The molecule has 6 nitrogen and oxygen atoms in total. The summed E-state index contributed by atoms with van der Waals surface area (Å²) in [4.78, 5) is 12.5. The largest absolute Gasteiger partial charge is 0.493 e. The molecule has 2 aromatic carbocycles. The highest BCUT2D eigenvalue weighted by Crippen LogP contribution is 2.33. The number of methoxy groups -OCH3 is 1. The molecule has 0 amide bonds. The van der Waals surface area contributed by atoms with Gasteiger partial charge in [0.2, 0.25) is 0 Å². The quantitative estimate of drug-likeness (QED) is 0.696. The van der Waals surface area contributed by atoms with E-state index in [9.17, 15) is 4.79 Å². The average molecular weight is 364 g/mol. The van der Waals surface area contributed by atoms with E-state index >= 15 is 0 Å². The molecule has 1 unspecified atom stereocenters. The van der Waals surface area contributed by atoms with E-state index in [0.717, 1.165) is 23.2 Å². The van der Waals surface area contributed by atoms with Crippen molar-refractivity contribution in [3.8, 4) is 28.3 Å². The molecule has 0 bridgehead atoms. The molecule has 1 aliphatic rings. The van der Waals surface area contributed by atoms with Crippen molar-refractivity contribution < 1.29 is 14.2 Å². The number of hydrogen-bond acceptors (Lipinski definition) is 5. The predicted molar refractivity (Wildman–Crippen MR) is 102 cm³/mol. The number of nitrogens with zero attached hydrogens (tertiary/aromatic N) is 2. The van der Waals surface area contributed by atoms with Crippen molar-refractivity contribution in [2.45, 2.75) is 12.5 Å². The fourth-order valence-electron chi connectivity index (χ4n) is 3.06. The van der Waals surface area contributed by atoms with Crippen molar-refractivity contribution in [1.82, 2.24) is 9.78 Å². The van der Waals surface area contributed by atoms with Gasteiger partial charge < -0.3 is 14.2 Å². The second-order valence-electron chi connectivity index (χ2n) is 6.30. The summed E-state index contributed by atoms with van der Waals surface area (Å²) in [6.07, 6.45) is 2.54. The van der Waals surface area contributed by atoms with Gasteiger partial charge in [0, 0.05) is 18.1 Å². The lowest BCUT2D eigenvalue weighted by Gasteiger charge is -2.16. The third kappa shape index (κ3) is 3.71. The highest BCUT2D eigenvalue weighted by molar-refractivity contribution is 5.66. The van der Waals surface area contributed by atoms with E-state index in [4.69, 9.17) is 14.2 Å². The molecule has 0 radical (unpaired) electrons. The number of hydrogen-bond donors (Lipinski definition) is 0. The van der Waals surface area contributed by atoms with E-state index in [2.05, 4.69) is 5.10 Å². The monoisotopic (exact) mass is 364 g/mol. The molecule has 4 rings (SSSR count). The Labute approximate surface area is 156 Å². The molecule has 3 aromatic rings. The summed E-state index contributed by atoms with van der Waals surface area (Å²) >= 11 is 0. The van der Waals surface area contributed by atoms with E-state index in [-0.39, 0.29) is 11.7 Å². The lowest BCUT2D eigenvalue weighted by molar-refractivity contribution is 0.138. The first-order chi connectivity index (χ1) is 13.2. The highest BCUT2D eigenvalue weighted by atomic mass is 16.6. The maximum absolute atomic E-state index is 12.5. The molecule has 0 aliphatic carbocycles. The van der Waals surface area contributed by atoms with Gasteiger partial charge in [-0.05, 0) is 29.8 Å². The molecular formula is C21H20N2O4. The van der Waals surface area contributed by atoms with Gasteiger partial charge in [-0.2, -0.15) is 9.78 Å². The van der Waals surface area contributed by atoms with Crippen molar-refractivity contribution in [2.75, 3.05) is 20.3 Å². The topological polar surface area (TPSA) is 62.6 Å². The first-order valence-electron chi connectivity index (χ1n) is 8.82. The zero-order valence-electron chi connectivity index (χ0n) is 15.0. The molecule has 27 heavy (non-hydrogen) atoms. The fraction of sp³-hybridized carbons (Fsp3) is 0.238. The molecule has 1 saturated heterocycles. The molecule has 1 aliphatic heterocycles. The maximum atomic E-state index is 12.5. The minimum Gasteiger partial charge on any atom is -0.493 e. The van der Waals surface area contributed by atoms with Crippen LogP contribution in [0, 0.1) is 0 Å². The molecule has 1 atom stereocenters. The zero-order valence-corrected chi connectivity index (χ0v) is 15.0. The zero-order chi connectivity index (χ0) is 18.6. The standard InChI is InChI=1S/C21H20N2O4/c1-25-19-8-7-15(11-20(19)27-18-9-10-26-14-18)16-12-21(24)23(22-13-16)17-5-3-2-4-6-17/h2-8,11-13,18H,9-10,14H2,1H3. The van der Waals surface area contributed by atoms with E-state index < -0.39 is 0 Å². The Kier molecular flexibility index (Phi) is 4.89. The summed E-state index contributed by atoms with van der Waals surface area (Å²) in [6.45, 7) is 1.27. The summed E-state index contributed by atoms with van der Waals surface area (Å²) in [5.41, 5.74) is 2.10. The number of benzene rings is 2. The molecule has 0 N–H and O–H groups in total. The molecule has 1 fully saturated rings. The minimum atomic E-state index is -0.193. The third-order valence-corrected chi connectivity index (χ3v) is 4.48. The summed E-state index contributed by atoms with van der Waals surface area (Å²) in [7, 11) is 1.61. The Bertz CT molecular complexity index is 979. The Balaban J connectivity index is 1.66. The van der Waals surface area contributed by atoms with Crippen LogP contribution in [0.5, 0.6) is 11.5 Å². The van der Waals surface area contributed by atoms with Crippen LogP contribution in [0.15, 0.2) is 65.6 Å². The highest BCUT2D eigenvalue weighted by Gasteiger charge is 2.19. The van der Waals surface area contributed by atoms with Crippen LogP contribution in [0.3, 0.4) is 0 Å². The van der Waals surface area contributed by atoms with Crippen LogP contribution in [0.2, 0.25) is 0 Å². The van der Waals surface area contributed by atoms with Gasteiger partial charge in [-0.1, -0.05) is 24.3 Å². The predicted octanol–water partition coefficient (Wildman–Crippen LogP) is 3.08. The number of para-hydroxylation sites is 1. The molecule has 138 valence electrons. The van der Waals surface area contributed by atoms with E-state index in [1.165, 1.54) is 4.68 Å². The van der Waals surface area contributed by atoms with Crippen molar-refractivity contribution in [3.63, 3.8) is 0 Å². The first kappa shape index (κ1) is 17.3. The van der Waals surface area contributed by atoms with Crippen molar-refractivity contribution in [3.05, 3.63) is 71.1 Å². The molecule has 0 saturated carbocycles. The van der Waals surface area contributed by atoms with E-state index in [0.29, 0.717) is 24.7 Å². The Morgan fingerprint density at radius 3 is 2.63 bits per heavy atom. The summed E-state index contributed by atoms with van der Waals surface area (Å²) in [6, 6.07) is 16.5. The average Bonchev–Trinajstić information content (AvgIpc) is 3.21. The van der Waals surface area contributed by atoms with Crippen LogP contribution in [0.25, 0.3) is 16.8 Å². The maximum Gasteiger partial charge on any atom is 0.272 e. The number of ether oxygens (including phenoxy) is 3. The fourth-order valence-corrected chi connectivity index (χ4v) is 3.06. The number of rotatable bonds is 5. The van der Waals surface area contributed by atoms with Crippen LogP contribution >= 0.6 is 0 Å². The van der Waals surface area contributed by atoms with Crippen molar-refractivity contribution >= 4 is 0 Å². The summed E-state index contributed by atoms with van der Waals surface area (Å²) in [5.74, 6) is 1.29. The van der Waals surface area contributed by atoms with Crippen molar-refractivity contribution in [2.24, 2.45) is 0 Å². The lowest BCUT2D eigenvalue weighted by atomic mass is 10.1. The van der Waals surface area contributed by atoms with Crippen molar-refractivity contribution in [1.29, 1.82) is 0 Å². The van der Waals surface area contributed by atoms with Gasteiger partial charge in [-0.15, -0.1) is 0 Å². The van der Waals surface area contributed by atoms with Crippen LogP contribution in [-0.2, 0) is 4.74 Å². The molecule has 6 heteroatoms. The minimum absolute atomic E-state index is 0.0124. The van der Waals surface area contributed by atoms with Crippen LogP contribution in [0.4, 0.5) is 0 Å². The Morgan fingerprint density at radius 1 is 1.07 bits per heavy atom. The SMILES string of the molecule is COc1ccc(-c2cnn(-c3ccccc3)c(=O)c2)cc1OC1CCOC1. The Hall–Kier alpha value is -3.12. The van der Waals surface area contributed by atoms with Gasteiger partial charge in [0.25, 0.3) is 5.56 Å². The van der Waals surface area contributed by atoms with Crippen LogP contribution < -0.4 is 15.0 Å². The molecule has 1 aromatic heterocycles. The van der Waals surface area contributed by atoms with Gasteiger partial charge in [0.15, 0.2) is 11.5 Å². The summed E-state index contributed by atoms with van der Waals surface area (Å²) < 4.78 is 18.2. The van der Waals surface area contributed by atoms with Gasteiger partial charge in [-0.25, -0.2) is 0 Å². The van der Waals surface area contributed by atoms with Gasteiger partial charge in [0.1, 0.15) is 6.10 Å². The lowest BCUT2D eigenvalue weighted by Crippen LogP contribution is -2.20. The van der Waals surface area contributed by atoms with E-state index in [1.54, 1.807) is 19.4 Å². The Morgan fingerprint density at radius 2 is 1.93 bits per heavy atom.